The quantitative estimate of drug-likeness (QED) is 0.606. The van der Waals surface area contributed by atoms with E-state index in [1.165, 1.54) is 6.07 Å². The van der Waals surface area contributed by atoms with Crippen molar-refractivity contribution in [2.45, 2.75) is 26.3 Å². The molecule has 0 spiro atoms. The summed E-state index contributed by atoms with van der Waals surface area (Å²) in [5.74, 6) is -0.230. The Morgan fingerprint density at radius 3 is 2.60 bits per heavy atom. The first-order valence-electron chi connectivity index (χ1n) is 4.59. The van der Waals surface area contributed by atoms with Crippen LogP contribution in [0.2, 0.25) is 0 Å². The summed E-state index contributed by atoms with van der Waals surface area (Å²) >= 11 is 0. The third kappa shape index (κ3) is 3.80. The molecule has 0 fully saturated rings. The van der Waals surface area contributed by atoms with Crippen LogP contribution in [0, 0.1) is 0 Å². The first-order chi connectivity index (χ1) is 6.97. The minimum absolute atomic E-state index is 0.00264. The lowest BCUT2D eigenvalue weighted by Gasteiger charge is -2.07. The van der Waals surface area contributed by atoms with Gasteiger partial charge in [-0.05, 0) is 13.8 Å². The molecule has 1 rings (SSSR count). The zero-order valence-corrected chi connectivity index (χ0v) is 8.59. The molecule has 82 valence electrons. The third-order valence-electron chi connectivity index (χ3n) is 1.62. The summed E-state index contributed by atoms with van der Waals surface area (Å²) < 4.78 is 0. The van der Waals surface area contributed by atoms with Crippen molar-refractivity contribution in [1.29, 1.82) is 0 Å². The normalized spacial score (nSPS) is 10.3. The van der Waals surface area contributed by atoms with E-state index in [1.54, 1.807) is 0 Å². The Bertz CT molecular complexity index is 430. The Kier molecular flexibility index (Phi) is 3.43. The maximum absolute atomic E-state index is 11.3. The van der Waals surface area contributed by atoms with E-state index in [1.807, 2.05) is 18.8 Å². The molecule has 6 heteroatoms. The van der Waals surface area contributed by atoms with Crippen molar-refractivity contribution in [3.05, 3.63) is 32.6 Å². The van der Waals surface area contributed by atoms with Crippen LogP contribution < -0.4 is 16.6 Å². The maximum Gasteiger partial charge on any atom is 0.325 e. The molecule has 0 aliphatic rings. The predicted molar refractivity (Wildman–Crippen MR) is 54.7 cm³/mol. The Morgan fingerprint density at radius 1 is 1.40 bits per heavy atom. The van der Waals surface area contributed by atoms with Gasteiger partial charge in [0.25, 0.3) is 5.56 Å². The number of aromatic nitrogens is 2. The summed E-state index contributed by atoms with van der Waals surface area (Å²) in [7, 11) is 0. The fourth-order valence-electron chi connectivity index (χ4n) is 1.16. The fourth-order valence-corrected chi connectivity index (χ4v) is 1.16. The van der Waals surface area contributed by atoms with Crippen LogP contribution in [0.4, 0.5) is 0 Å². The molecule has 0 atom stereocenters. The molecule has 0 aliphatic heterocycles. The largest absolute Gasteiger partial charge is 0.354 e. The molecule has 0 saturated heterocycles. The monoisotopic (exact) mass is 211 g/mol. The van der Waals surface area contributed by atoms with Gasteiger partial charge in [0.1, 0.15) is 0 Å². The Hall–Kier alpha value is -1.85. The molecule has 1 heterocycles. The number of hydrogen-bond acceptors (Lipinski definition) is 3. The highest BCUT2D eigenvalue weighted by Crippen LogP contribution is 1.89. The first kappa shape index (κ1) is 11.2. The van der Waals surface area contributed by atoms with Gasteiger partial charge in [0.2, 0.25) is 5.91 Å². The van der Waals surface area contributed by atoms with Gasteiger partial charge in [-0.2, -0.15) is 0 Å². The predicted octanol–water partition coefficient (Wildman–Crippen LogP) is -0.870. The van der Waals surface area contributed by atoms with Gasteiger partial charge in [-0.3, -0.25) is 14.6 Å². The number of H-pyrrole nitrogens is 2. The molecular weight excluding hydrogens is 198 g/mol. The third-order valence-corrected chi connectivity index (χ3v) is 1.62. The Balaban J connectivity index is 2.77. The molecule has 0 unspecified atom stereocenters. The molecule has 1 aromatic rings. The summed E-state index contributed by atoms with van der Waals surface area (Å²) in [5.41, 5.74) is -0.803. The van der Waals surface area contributed by atoms with Gasteiger partial charge in [0, 0.05) is 17.8 Å². The van der Waals surface area contributed by atoms with Crippen molar-refractivity contribution in [2.75, 3.05) is 0 Å². The van der Waals surface area contributed by atoms with Crippen LogP contribution in [-0.4, -0.2) is 21.9 Å². The molecule has 1 amide bonds. The summed E-state index contributed by atoms with van der Waals surface area (Å²) in [5, 5.41) is 2.66. The van der Waals surface area contributed by atoms with Crippen molar-refractivity contribution < 1.29 is 4.79 Å². The summed E-state index contributed by atoms with van der Waals surface area (Å²) in [6.07, 6.45) is -0.00264. The molecule has 6 nitrogen and oxygen atoms in total. The minimum Gasteiger partial charge on any atom is -0.354 e. The number of carbonyl (C=O) groups excluding carboxylic acids is 1. The minimum atomic E-state index is -0.602. The van der Waals surface area contributed by atoms with Gasteiger partial charge >= 0.3 is 5.69 Å². The molecule has 0 bridgehead atoms. The Morgan fingerprint density at radius 2 is 2.07 bits per heavy atom. The number of hydrogen-bond donors (Lipinski definition) is 3. The molecule has 3 N–H and O–H groups in total. The topological polar surface area (TPSA) is 94.8 Å². The van der Waals surface area contributed by atoms with E-state index >= 15 is 0 Å². The summed E-state index contributed by atoms with van der Waals surface area (Å²) in [6, 6.07) is 1.23. The number of amides is 1. The second-order valence-electron chi connectivity index (χ2n) is 3.51. The van der Waals surface area contributed by atoms with Gasteiger partial charge in [-0.1, -0.05) is 0 Å². The molecule has 0 aromatic carbocycles. The van der Waals surface area contributed by atoms with Crippen LogP contribution in [0.1, 0.15) is 19.5 Å². The van der Waals surface area contributed by atoms with Gasteiger partial charge in [0.15, 0.2) is 0 Å². The molecule has 1 aromatic heterocycles. The molecule has 0 saturated carbocycles. The van der Waals surface area contributed by atoms with Crippen molar-refractivity contribution >= 4 is 5.91 Å². The summed E-state index contributed by atoms with van der Waals surface area (Å²) in [6.45, 7) is 3.66. The SMILES string of the molecule is CC(C)NC(=O)Cc1cc(=O)[nH]c(=O)[nH]1. The highest BCUT2D eigenvalue weighted by atomic mass is 16.2. The molecule has 0 radical (unpaired) electrons. The van der Waals surface area contributed by atoms with Gasteiger partial charge in [-0.25, -0.2) is 4.79 Å². The zero-order valence-electron chi connectivity index (χ0n) is 8.59. The van der Waals surface area contributed by atoms with E-state index in [2.05, 4.69) is 10.3 Å². The molecule has 0 aliphatic carbocycles. The average Bonchev–Trinajstić information content (AvgIpc) is 1.98. The van der Waals surface area contributed by atoms with Crippen molar-refractivity contribution in [1.82, 2.24) is 15.3 Å². The van der Waals surface area contributed by atoms with Crippen LogP contribution in [0.15, 0.2) is 15.7 Å². The van der Waals surface area contributed by atoms with Crippen LogP contribution in [0.25, 0.3) is 0 Å². The van der Waals surface area contributed by atoms with E-state index in [0.717, 1.165) is 0 Å². The van der Waals surface area contributed by atoms with Crippen LogP contribution in [0.5, 0.6) is 0 Å². The lowest BCUT2D eigenvalue weighted by atomic mass is 10.2. The summed E-state index contributed by atoms with van der Waals surface area (Å²) in [4.78, 5) is 37.5. The lowest BCUT2D eigenvalue weighted by molar-refractivity contribution is -0.120. The lowest BCUT2D eigenvalue weighted by Crippen LogP contribution is -2.33. The number of nitrogens with one attached hydrogen (secondary N) is 3. The van der Waals surface area contributed by atoms with E-state index in [9.17, 15) is 14.4 Å². The molecule has 15 heavy (non-hydrogen) atoms. The van der Waals surface area contributed by atoms with Crippen molar-refractivity contribution in [3.63, 3.8) is 0 Å². The second-order valence-corrected chi connectivity index (χ2v) is 3.51. The maximum atomic E-state index is 11.3. The number of carbonyl (C=O) groups is 1. The first-order valence-corrected chi connectivity index (χ1v) is 4.59. The number of aromatic amines is 2. The van der Waals surface area contributed by atoms with Crippen LogP contribution in [-0.2, 0) is 11.2 Å². The van der Waals surface area contributed by atoms with Gasteiger partial charge in [-0.15, -0.1) is 0 Å². The van der Waals surface area contributed by atoms with Crippen molar-refractivity contribution in [2.24, 2.45) is 0 Å². The highest BCUT2D eigenvalue weighted by Gasteiger charge is 2.06. The van der Waals surface area contributed by atoms with E-state index in [0.29, 0.717) is 5.69 Å². The average molecular weight is 211 g/mol. The smallest absolute Gasteiger partial charge is 0.325 e. The van der Waals surface area contributed by atoms with E-state index in [-0.39, 0.29) is 18.4 Å². The number of rotatable bonds is 3. The zero-order chi connectivity index (χ0) is 11.4. The highest BCUT2D eigenvalue weighted by molar-refractivity contribution is 5.78. The van der Waals surface area contributed by atoms with Gasteiger partial charge in [0.05, 0.1) is 6.42 Å². The van der Waals surface area contributed by atoms with Crippen LogP contribution in [0.3, 0.4) is 0 Å². The van der Waals surface area contributed by atoms with Crippen molar-refractivity contribution in [3.8, 4) is 0 Å². The Labute approximate surface area is 85.7 Å². The standard InChI is InChI=1S/C9H13N3O3/c1-5(2)10-7(13)3-6-4-8(14)12-9(15)11-6/h4-5H,3H2,1-2H3,(H,10,13)(H2,11,12,14,15). The second kappa shape index (κ2) is 4.59. The van der Waals surface area contributed by atoms with Gasteiger partial charge < -0.3 is 10.3 Å². The van der Waals surface area contributed by atoms with E-state index < -0.39 is 11.2 Å². The fraction of sp³-hybridized carbons (Fsp3) is 0.444. The van der Waals surface area contributed by atoms with Crippen LogP contribution >= 0.6 is 0 Å². The van der Waals surface area contributed by atoms with E-state index in [4.69, 9.17) is 0 Å². The molecular formula is C9H13N3O3.